The Kier molecular flexibility index (Phi) is 5.82. The molecule has 2 unspecified atom stereocenters. The monoisotopic (exact) mass is 298 g/mol. The Labute approximate surface area is 127 Å². The first-order valence-electron chi connectivity index (χ1n) is 7.50. The third-order valence-corrected chi connectivity index (χ3v) is 4.53. The van der Waals surface area contributed by atoms with Gasteiger partial charge in [0.05, 0.1) is 0 Å². The maximum atomic E-state index is 12.9. The van der Waals surface area contributed by atoms with E-state index in [2.05, 4.69) is 10.2 Å². The van der Waals surface area contributed by atoms with Crippen LogP contribution in [-0.2, 0) is 0 Å². The fourth-order valence-corrected chi connectivity index (χ4v) is 3.45. The van der Waals surface area contributed by atoms with Crippen LogP contribution in [0, 0.1) is 11.7 Å². The van der Waals surface area contributed by atoms with E-state index in [0.717, 1.165) is 12.5 Å². The second-order valence-electron chi connectivity index (χ2n) is 6.01. The minimum Gasteiger partial charge on any atom is -0.316 e. The Hall–Kier alpha value is -0.640. The van der Waals surface area contributed by atoms with Gasteiger partial charge in [-0.3, -0.25) is 0 Å². The highest BCUT2D eigenvalue weighted by atomic mass is 35.5. The standard InChI is InChI=1S/C16H23FN2.ClH/c17-16-5-3-14(4-6-16)15-7-9-19(12-15)11-13-2-1-8-18-10-13;/h3-6,13,15,18H,1-2,7-12H2;1H. The molecule has 20 heavy (non-hydrogen) atoms. The Balaban J connectivity index is 0.00000147. The van der Waals surface area contributed by atoms with Gasteiger partial charge in [0.15, 0.2) is 0 Å². The van der Waals surface area contributed by atoms with Crippen molar-refractivity contribution in [2.24, 2.45) is 5.92 Å². The van der Waals surface area contributed by atoms with Gasteiger partial charge in [-0.05, 0) is 68.4 Å². The van der Waals surface area contributed by atoms with Crippen LogP contribution in [0.3, 0.4) is 0 Å². The van der Waals surface area contributed by atoms with E-state index >= 15 is 0 Å². The highest BCUT2D eigenvalue weighted by molar-refractivity contribution is 5.85. The minimum absolute atomic E-state index is 0. The first-order chi connectivity index (χ1) is 9.31. The Morgan fingerprint density at radius 2 is 2.00 bits per heavy atom. The van der Waals surface area contributed by atoms with E-state index in [1.54, 1.807) is 12.1 Å². The SMILES string of the molecule is Cl.Fc1ccc(C2CCN(CC3CCCNC3)C2)cc1. The van der Waals surface area contributed by atoms with Gasteiger partial charge < -0.3 is 10.2 Å². The minimum atomic E-state index is -0.133. The van der Waals surface area contributed by atoms with E-state index in [-0.39, 0.29) is 18.2 Å². The average Bonchev–Trinajstić information content (AvgIpc) is 2.89. The molecule has 2 aliphatic rings. The van der Waals surface area contributed by atoms with Gasteiger partial charge in [0.2, 0.25) is 0 Å². The van der Waals surface area contributed by atoms with Gasteiger partial charge in [-0.2, -0.15) is 0 Å². The van der Waals surface area contributed by atoms with Crippen molar-refractivity contribution in [3.05, 3.63) is 35.6 Å². The van der Waals surface area contributed by atoms with Gasteiger partial charge in [-0.15, -0.1) is 12.4 Å². The molecule has 0 aliphatic carbocycles. The summed E-state index contributed by atoms with van der Waals surface area (Å²) in [5.41, 5.74) is 1.30. The molecule has 2 nitrogen and oxygen atoms in total. The van der Waals surface area contributed by atoms with Gasteiger partial charge >= 0.3 is 0 Å². The van der Waals surface area contributed by atoms with Crippen LogP contribution in [0.15, 0.2) is 24.3 Å². The summed E-state index contributed by atoms with van der Waals surface area (Å²) >= 11 is 0. The molecule has 2 saturated heterocycles. The predicted octanol–water partition coefficient (Wildman–Crippen LogP) is 3.04. The zero-order chi connectivity index (χ0) is 13.1. The van der Waals surface area contributed by atoms with Crippen molar-refractivity contribution in [2.45, 2.75) is 25.2 Å². The summed E-state index contributed by atoms with van der Waals surface area (Å²) in [5.74, 6) is 1.28. The van der Waals surface area contributed by atoms with Crippen molar-refractivity contribution in [1.82, 2.24) is 10.2 Å². The highest BCUT2D eigenvalue weighted by Crippen LogP contribution is 2.28. The van der Waals surface area contributed by atoms with Gasteiger partial charge in [0, 0.05) is 13.1 Å². The summed E-state index contributed by atoms with van der Waals surface area (Å²) < 4.78 is 12.9. The second kappa shape index (κ2) is 7.39. The molecule has 0 saturated carbocycles. The molecule has 2 heterocycles. The van der Waals surface area contributed by atoms with Crippen LogP contribution < -0.4 is 5.32 Å². The molecule has 4 heteroatoms. The number of rotatable bonds is 3. The van der Waals surface area contributed by atoms with E-state index < -0.39 is 0 Å². The van der Waals surface area contributed by atoms with Gasteiger partial charge in [0.25, 0.3) is 0 Å². The van der Waals surface area contributed by atoms with Crippen molar-refractivity contribution in [2.75, 3.05) is 32.7 Å². The number of halogens is 2. The third kappa shape index (κ3) is 3.94. The lowest BCUT2D eigenvalue weighted by Gasteiger charge is -2.27. The average molecular weight is 299 g/mol. The Morgan fingerprint density at radius 1 is 1.20 bits per heavy atom. The molecule has 1 aromatic rings. The number of hydrogen-bond donors (Lipinski definition) is 1. The zero-order valence-corrected chi connectivity index (χ0v) is 12.7. The Bertz CT molecular complexity index is 403. The number of benzene rings is 1. The molecule has 0 aromatic heterocycles. The van der Waals surface area contributed by atoms with Crippen molar-refractivity contribution in [3.8, 4) is 0 Å². The van der Waals surface area contributed by atoms with E-state index in [1.807, 2.05) is 12.1 Å². The molecule has 3 rings (SSSR count). The van der Waals surface area contributed by atoms with E-state index in [9.17, 15) is 4.39 Å². The molecule has 2 fully saturated rings. The van der Waals surface area contributed by atoms with Crippen molar-refractivity contribution >= 4 is 12.4 Å². The lowest BCUT2D eigenvalue weighted by molar-refractivity contribution is 0.242. The quantitative estimate of drug-likeness (QED) is 0.923. The van der Waals surface area contributed by atoms with Gasteiger partial charge in [0.1, 0.15) is 5.82 Å². The van der Waals surface area contributed by atoms with Crippen LogP contribution in [0.2, 0.25) is 0 Å². The fourth-order valence-electron chi connectivity index (χ4n) is 3.45. The summed E-state index contributed by atoms with van der Waals surface area (Å²) in [6.07, 6.45) is 3.90. The van der Waals surface area contributed by atoms with Gasteiger partial charge in [-0.1, -0.05) is 12.1 Å². The number of likely N-dealkylation sites (tertiary alicyclic amines) is 1. The molecule has 0 amide bonds. The molecular weight excluding hydrogens is 275 g/mol. The van der Waals surface area contributed by atoms with E-state index in [1.165, 1.54) is 51.0 Å². The van der Waals surface area contributed by atoms with Crippen molar-refractivity contribution in [1.29, 1.82) is 0 Å². The molecule has 0 bridgehead atoms. The summed E-state index contributed by atoms with van der Waals surface area (Å²) in [5, 5.41) is 3.49. The molecule has 2 aliphatic heterocycles. The van der Waals surface area contributed by atoms with E-state index in [0.29, 0.717) is 5.92 Å². The zero-order valence-electron chi connectivity index (χ0n) is 11.9. The lowest BCUT2D eigenvalue weighted by atomic mass is 9.98. The summed E-state index contributed by atoms with van der Waals surface area (Å²) in [7, 11) is 0. The lowest BCUT2D eigenvalue weighted by Crippen LogP contribution is -2.37. The van der Waals surface area contributed by atoms with E-state index in [4.69, 9.17) is 0 Å². The third-order valence-electron chi connectivity index (χ3n) is 4.53. The topological polar surface area (TPSA) is 15.3 Å². The van der Waals surface area contributed by atoms with Gasteiger partial charge in [-0.25, -0.2) is 4.39 Å². The smallest absolute Gasteiger partial charge is 0.123 e. The maximum Gasteiger partial charge on any atom is 0.123 e. The molecule has 112 valence electrons. The normalized spacial score (nSPS) is 27.2. The molecule has 0 spiro atoms. The van der Waals surface area contributed by atoms with Crippen LogP contribution in [0.25, 0.3) is 0 Å². The number of nitrogens with one attached hydrogen (secondary N) is 1. The molecule has 0 radical (unpaired) electrons. The van der Waals surface area contributed by atoms with Crippen molar-refractivity contribution < 1.29 is 4.39 Å². The van der Waals surface area contributed by atoms with Crippen LogP contribution in [0.5, 0.6) is 0 Å². The first-order valence-corrected chi connectivity index (χ1v) is 7.50. The highest BCUT2D eigenvalue weighted by Gasteiger charge is 2.26. The molecule has 1 aromatic carbocycles. The number of piperidine rings is 1. The maximum absolute atomic E-state index is 12.9. The van der Waals surface area contributed by atoms with Crippen LogP contribution in [-0.4, -0.2) is 37.6 Å². The van der Waals surface area contributed by atoms with Crippen LogP contribution >= 0.6 is 12.4 Å². The number of hydrogen-bond acceptors (Lipinski definition) is 2. The number of nitrogens with zero attached hydrogens (tertiary/aromatic N) is 1. The second-order valence-corrected chi connectivity index (χ2v) is 6.01. The molecule has 2 atom stereocenters. The van der Waals surface area contributed by atoms with Crippen LogP contribution in [0.4, 0.5) is 4.39 Å². The van der Waals surface area contributed by atoms with Crippen molar-refractivity contribution in [3.63, 3.8) is 0 Å². The Morgan fingerprint density at radius 3 is 2.70 bits per heavy atom. The molecular formula is C16H24ClFN2. The summed E-state index contributed by atoms with van der Waals surface area (Å²) in [6.45, 7) is 5.93. The largest absolute Gasteiger partial charge is 0.316 e. The summed E-state index contributed by atoms with van der Waals surface area (Å²) in [6, 6.07) is 7.07. The molecule has 1 N–H and O–H groups in total. The summed E-state index contributed by atoms with van der Waals surface area (Å²) in [4.78, 5) is 2.59. The fraction of sp³-hybridized carbons (Fsp3) is 0.625. The predicted molar refractivity (Wildman–Crippen MR) is 83.0 cm³/mol. The van der Waals surface area contributed by atoms with Crippen LogP contribution in [0.1, 0.15) is 30.7 Å². The first kappa shape index (κ1) is 15.7.